The Kier molecular flexibility index (Phi) is 19.3. The van der Waals surface area contributed by atoms with Crippen molar-refractivity contribution >= 4 is 0 Å². The van der Waals surface area contributed by atoms with Crippen LogP contribution in [0.3, 0.4) is 0 Å². The van der Waals surface area contributed by atoms with Crippen LogP contribution in [0.4, 0.5) is 0 Å². The molecule has 5 nitrogen and oxygen atoms in total. The van der Waals surface area contributed by atoms with Gasteiger partial charge >= 0.3 is 0 Å². The van der Waals surface area contributed by atoms with E-state index in [9.17, 15) is 0 Å². The number of hydrogen-bond acceptors (Lipinski definition) is 0. The molecule has 5 heteroatoms. The van der Waals surface area contributed by atoms with Crippen LogP contribution in [0.25, 0.3) is 56.3 Å². The summed E-state index contributed by atoms with van der Waals surface area (Å²) in [6.07, 6.45) is 11.1. The molecule has 0 saturated heterocycles. The maximum atomic E-state index is 7.64. The number of rotatable bonds is 7. The maximum absolute atomic E-state index is 7.64. The minimum atomic E-state index is -2.07. The lowest BCUT2D eigenvalue weighted by Crippen LogP contribution is -2.33. The molecule has 0 radical (unpaired) electrons. The van der Waals surface area contributed by atoms with Crippen molar-refractivity contribution in [1.29, 1.82) is 0 Å². The van der Waals surface area contributed by atoms with Gasteiger partial charge in [-0.2, -0.15) is 0 Å². The van der Waals surface area contributed by atoms with Gasteiger partial charge in [0.15, 0.2) is 31.0 Å². The summed E-state index contributed by atoms with van der Waals surface area (Å²) >= 11 is 0. The fourth-order valence-electron chi connectivity index (χ4n) is 10.3. The van der Waals surface area contributed by atoms with E-state index in [1.165, 1.54) is 83.8 Å². The summed E-state index contributed by atoms with van der Waals surface area (Å²) in [5.41, 5.74) is 27.5. The SMILES string of the molecule is CCc1ccc(-c2ccccc2C)[n+](C)c1.Cc1ccccc1-c1c(C)c(C)cc[n+]1C.Cc1ccccc1-c1ccc(C(C)C)c[n+]1C.[2H]C([2H])([2H])c1c[n+](C)c(-c2ccccc2C)c(C)c1C.[2H]C([2H])([2H])c1c[n+](C)c(-c2ccccc2C)cc1C. The Labute approximate surface area is 503 Å². The molecule has 0 amide bonds. The summed E-state index contributed by atoms with van der Waals surface area (Å²) in [5.74, 6) is 0.576. The zero-order chi connectivity index (χ0) is 64.9. The summed E-state index contributed by atoms with van der Waals surface area (Å²) in [5, 5.41) is 0. The van der Waals surface area contributed by atoms with Crippen LogP contribution in [-0.2, 0) is 41.7 Å². The van der Waals surface area contributed by atoms with E-state index in [0.29, 0.717) is 17.0 Å². The quantitative estimate of drug-likeness (QED) is 0.142. The third kappa shape index (κ3) is 15.6. The van der Waals surface area contributed by atoms with Crippen LogP contribution in [0.5, 0.6) is 0 Å². The van der Waals surface area contributed by atoms with Gasteiger partial charge in [0.2, 0.25) is 28.5 Å². The molecule has 0 aliphatic heterocycles. The molecule has 0 atom stereocenters. The zero-order valence-corrected chi connectivity index (χ0v) is 52.4. The fraction of sp³-hybridized carbons (Fsp3) is 0.286. The van der Waals surface area contributed by atoms with Gasteiger partial charge in [0.25, 0.3) is 0 Å². The van der Waals surface area contributed by atoms with Gasteiger partial charge in [-0.3, -0.25) is 0 Å². The number of aryl methyl sites for hydroxylation is 15. The number of hydrogen-bond donors (Lipinski definition) is 0. The minimum absolute atomic E-state index is 0.410. The van der Waals surface area contributed by atoms with Gasteiger partial charge in [-0.25, -0.2) is 22.8 Å². The molecule has 422 valence electrons. The molecule has 5 aromatic carbocycles. The van der Waals surface area contributed by atoms with E-state index >= 15 is 0 Å². The second-order valence-electron chi connectivity index (χ2n) is 22.3. The lowest BCUT2D eigenvalue weighted by molar-refractivity contribution is -0.661. The van der Waals surface area contributed by atoms with Gasteiger partial charge in [0.1, 0.15) is 35.2 Å². The zero-order valence-electron chi connectivity index (χ0n) is 58.4. The van der Waals surface area contributed by atoms with E-state index in [0.717, 1.165) is 45.6 Å². The fourth-order valence-corrected chi connectivity index (χ4v) is 10.3. The van der Waals surface area contributed by atoms with E-state index in [2.05, 4.69) is 250 Å². The molecule has 5 heterocycles. The van der Waals surface area contributed by atoms with Crippen molar-refractivity contribution in [2.24, 2.45) is 35.2 Å². The largest absolute Gasteiger partial charge is 0.215 e. The highest BCUT2D eigenvalue weighted by atomic mass is 14.9. The van der Waals surface area contributed by atoms with Crippen LogP contribution in [0.15, 0.2) is 189 Å². The van der Waals surface area contributed by atoms with Crippen molar-refractivity contribution in [1.82, 2.24) is 0 Å². The Morgan fingerprint density at radius 3 is 1.17 bits per heavy atom. The normalized spacial score (nSPS) is 12.0. The predicted molar refractivity (Wildman–Crippen MR) is 346 cm³/mol. The number of benzene rings is 5. The highest BCUT2D eigenvalue weighted by Gasteiger charge is 2.20. The molecule has 0 spiro atoms. The first-order valence-corrected chi connectivity index (χ1v) is 28.7. The lowest BCUT2D eigenvalue weighted by atomic mass is 9.97. The van der Waals surface area contributed by atoms with Crippen LogP contribution in [0.2, 0.25) is 0 Å². The van der Waals surface area contributed by atoms with Crippen LogP contribution in [0, 0.1) is 82.9 Å². The molecule has 0 bridgehead atoms. The molecule has 0 unspecified atom stereocenters. The van der Waals surface area contributed by atoms with E-state index in [-0.39, 0.29) is 0 Å². The molecule has 82 heavy (non-hydrogen) atoms. The molecule has 0 fully saturated rings. The number of pyridine rings is 5. The van der Waals surface area contributed by atoms with Crippen molar-refractivity contribution in [3.63, 3.8) is 0 Å². The van der Waals surface area contributed by atoms with Gasteiger partial charge in [0.05, 0.1) is 0 Å². The first kappa shape index (κ1) is 54.4. The van der Waals surface area contributed by atoms with E-state index in [1.807, 2.05) is 74.3 Å². The molecule has 10 aromatic rings. The third-order valence-corrected chi connectivity index (χ3v) is 15.8. The molecule has 0 N–H and O–H groups in total. The molecular formula is C77H94N5+5. The van der Waals surface area contributed by atoms with Crippen LogP contribution in [0.1, 0.15) is 113 Å². The average molecular weight is 1100 g/mol. The van der Waals surface area contributed by atoms with Crippen molar-refractivity contribution in [3.05, 3.63) is 267 Å². The average Bonchev–Trinajstić information content (AvgIpc) is 1.16. The summed E-state index contributed by atoms with van der Waals surface area (Å²) in [6, 6.07) is 54.8. The number of nitrogens with zero attached hydrogens (tertiary/aromatic N) is 5. The minimum Gasteiger partial charge on any atom is -0.201 e. The first-order valence-electron chi connectivity index (χ1n) is 31.7. The summed E-state index contributed by atoms with van der Waals surface area (Å²) in [4.78, 5) is 0. The van der Waals surface area contributed by atoms with E-state index in [1.54, 1.807) is 12.4 Å². The highest BCUT2D eigenvalue weighted by molar-refractivity contribution is 5.67. The van der Waals surface area contributed by atoms with E-state index in [4.69, 9.17) is 8.22 Å². The number of aromatic nitrogens is 5. The van der Waals surface area contributed by atoms with Crippen LogP contribution < -0.4 is 22.8 Å². The molecule has 5 aromatic heterocycles. The Morgan fingerprint density at radius 2 is 0.744 bits per heavy atom. The Hall–Kier alpha value is -8.15. The first-order chi connectivity index (χ1) is 41.5. The Bertz CT molecular complexity index is 4040. The third-order valence-electron chi connectivity index (χ3n) is 15.8. The van der Waals surface area contributed by atoms with Gasteiger partial charge in [-0.1, -0.05) is 112 Å². The standard InChI is InChI=1S/2C16H20N.3C15H18N/c1-11-8-6-7-9-15(11)16-14(4)13(3)12(2)10-17(16)5;1-12(2)14-9-10-16(17(4)11-14)15-8-6-5-7-13(15)3;1-11-7-5-6-8-14(11)15-9-12(2)13(3)10-16(15)4;1-11-9-10-16(4)15(13(11)3)14-8-6-5-7-12(14)2;1-4-13-9-10-15(16(3)11-13)14-8-6-5-7-12(14)2/h6-10H,1-5H3;5-12H,1-4H3;2*5-10H,1-4H3;5-11H,4H2,1-3H3/q5*+1/i2D3;;3D3;;. The van der Waals surface area contributed by atoms with Gasteiger partial charge in [0, 0.05) is 93.7 Å². The summed E-state index contributed by atoms with van der Waals surface area (Å²) in [6.45, 7) is 23.2. The van der Waals surface area contributed by atoms with E-state index < -0.39 is 13.7 Å². The molecule has 0 aliphatic rings. The Morgan fingerprint density at radius 1 is 0.341 bits per heavy atom. The smallest absolute Gasteiger partial charge is 0.201 e. The second-order valence-corrected chi connectivity index (χ2v) is 22.3. The molecular weight excluding hydrogens is 995 g/mol. The topological polar surface area (TPSA) is 19.4 Å². The molecule has 0 saturated carbocycles. The molecule has 0 aliphatic carbocycles. The summed E-state index contributed by atoms with van der Waals surface area (Å²) in [7, 11) is 10.1. The van der Waals surface area contributed by atoms with Gasteiger partial charge in [-0.05, 0) is 182 Å². The lowest BCUT2D eigenvalue weighted by Gasteiger charge is -2.10. The summed E-state index contributed by atoms with van der Waals surface area (Å²) < 4.78 is 56.0. The van der Waals surface area contributed by atoms with Crippen molar-refractivity contribution in [2.75, 3.05) is 0 Å². The van der Waals surface area contributed by atoms with Crippen molar-refractivity contribution in [3.8, 4) is 56.3 Å². The van der Waals surface area contributed by atoms with Crippen molar-refractivity contribution in [2.45, 2.75) is 116 Å². The molecule has 10 rings (SSSR count). The second kappa shape index (κ2) is 29.0. The highest BCUT2D eigenvalue weighted by Crippen LogP contribution is 2.28. The van der Waals surface area contributed by atoms with Crippen molar-refractivity contribution < 1.29 is 31.1 Å². The monoisotopic (exact) mass is 1090 g/mol. The predicted octanol–water partition coefficient (Wildman–Crippen LogP) is 16.3. The van der Waals surface area contributed by atoms with Gasteiger partial charge in [-0.15, -0.1) is 0 Å². The Balaban J connectivity index is 0.000000176. The maximum Gasteiger partial charge on any atom is 0.215 e. The van der Waals surface area contributed by atoms with Crippen LogP contribution >= 0.6 is 0 Å². The van der Waals surface area contributed by atoms with Gasteiger partial charge < -0.3 is 0 Å². The van der Waals surface area contributed by atoms with Crippen LogP contribution in [-0.4, -0.2) is 0 Å².